The average Bonchev–Trinajstić information content (AvgIpc) is 2.56. The summed E-state index contributed by atoms with van der Waals surface area (Å²) in [6.45, 7) is 10.8. The number of nitrogens with zero attached hydrogens (tertiary/aromatic N) is 1. The number of hydrogen-bond acceptors (Lipinski definition) is 5. The minimum atomic E-state index is -1.51. The number of carboxylic acid groups (broad SMARTS) is 1. The van der Waals surface area contributed by atoms with Crippen LogP contribution in [0.2, 0.25) is 0 Å². The van der Waals surface area contributed by atoms with Gasteiger partial charge in [0.05, 0.1) is 11.7 Å². The highest BCUT2D eigenvalue weighted by Gasteiger charge is 2.62. The van der Waals surface area contributed by atoms with Gasteiger partial charge in [0.25, 0.3) is 6.16 Å². The highest BCUT2D eigenvalue weighted by molar-refractivity contribution is 5.88. The maximum absolute atomic E-state index is 12.9. The zero-order valence-corrected chi connectivity index (χ0v) is 17.0. The van der Waals surface area contributed by atoms with Crippen molar-refractivity contribution < 1.29 is 28.9 Å². The van der Waals surface area contributed by atoms with Crippen LogP contribution in [0.15, 0.2) is 30.3 Å². The number of quaternary nitrogens is 1. The van der Waals surface area contributed by atoms with Crippen LogP contribution >= 0.6 is 0 Å². The highest BCUT2D eigenvalue weighted by atomic mass is 16.8. The lowest BCUT2D eigenvalue weighted by Crippen LogP contribution is -2.75. The first-order valence-electron chi connectivity index (χ1n) is 9.59. The molecule has 150 valence electrons. The summed E-state index contributed by atoms with van der Waals surface area (Å²) in [5, 5.41) is 11.0. The van der Waals surface area contributed by atoms with E-state index in [0.29, 0.717) is 24.9 Å². The maximum Gasteiger partial charge on any atom is 0.397 e. The quantitative estimate of drug-likeness (QED) is 0.561. The van der Waals surface area contributed by atoms with Crippen LogP contribution in [-0.4, -0.2) is 40.5 Å². The van der Waals surface area contributed by atoms with Crippen molar-refractivity contribution in [2.45, 2.75) is 77.5 Å². The fourth-order valence-corrected chi connectivity index (χ4v) is 4.57. The van der Waals surface area contributed by atoms with Crippen molar-refractivity contribution in [2.24, 2.45) is 0 Å². The lowest BCUT2D eigenvalue weighted by atomic mass is 9.77. The van der Waals surface area contributed by atoms with Crippen molar-refractivity contribution >= 4 is 12.1 Å². The molecule has 0 spiro atoms. The predicted molar refractivity (Wildman–Crippen MR) is 99.6 cm³/mol. The molecule has 0 atom stereocenters. The SMILES string of the molecule is CCCC[N+]1(OC(=O)c2ccccc2)C(C)(C)CC(OC(=O)[O-])CC1(C)C. The number of carbonyl (C=O) groups excluding carboxylic acids is 2. The maximum atomic E-state index is 12.9. The van der Waals surface area contributed by atoms with Crippen molar-refractivity contribution in [1.29, 1.82) is 0 Å². The predicted octanol–water partition coefficient (Wildman–Crippen LogP) is 3.45. The largest absolute Gasteiger partial charge is 0.546 e. The molecule has 27 heavy (non-hydrogen) atoms. The summed E-state index contributed by atoms with van der Waals surface area (Å²) in [6.07, 6.45) is 0.770. The fourth-order valence-electron chi connectivity index (χ4n) is 4.57. The average molecular weight is 377 g/mol. The van der Waals surface area contributed by atoms with E-state index in [2.05, 4.69) is 6.92 Å². The van der Waals surface area contributed by atoms with Crippen molar-refractivity contribution in [3.63, 3.8) is 0 Å². The van der Waals surface area contributed by atoms with E-state index < -0.39 is 23.3 Å². The third-order valence-electron chi connectivity index (χ3n) is 5.75. The number of rotatable bonds is 6. The third-order valence-corrected chi connectivity index (χ3v) is 5.75. The molecule has 0 saturated carbocycles. The Hall–Kier alpha value is -2.08. The number of hydroxylamine groups is 3. The second-order valence-electron chi connectivity index (χ2n) is 8.58. The van der Waals surface area contributed by atoms with Crippen molar-refractivity contribution in [1.82, 2.24) is 0 Å². The molecule has 6 heteroatoms. The van der Waals surface area contributed by atoms with Gasteiger partial charge in [-0.3, -0.25) is 4.84 Å². The molecule has 1 aliphatic rings. The molecule has 1 saturated heterocycles. The van der Waals surface area contributed by atoms with Crippen LogP contribution in [0.4, 0.5) is 4.79 Å². The molecule has 1 aromatic carbocycles. The van der Waals surface area contributed by atoms with E-state index in [4.69, 9.17) is 9.57 Å². The first kappa shape index (κ1) is 21.2. The molecule has 0 aliphatic carbocycles. The number of carbonyl (C=O) groups is 2. The van der Waals surface area contributed by atoms with Gasteiger partial charge in [0, 0.05) is 19.3 Å². The Morgan fingerprint density at radius 2 is 1.67 bits per heavy atom. The monoisotopic (exact) mass is 377 g/mol. The van der Waals surface area contributed by atoms with E-state index in [1.165, 1.54) is 0 Å². The lowest BCUT2D eigenvalue weighted by Gasteiger charge is -2.59. The summed E-state index contributed by atoms with van der Waals surface area (Å²) >= 11 is 0. The molecule has 2 rings (SSSR count). The van der Waals surface area contributed by atoms with Gasteiger partial charge in [0.2, 0.25) is 0 Å². The number of hydrogen-bond donors (Lipinski definition) is 0. The Morgan fingerprint density at radius 3 is 2.15 bits per heavy atom. The summed E-state index contributed by atoms with van der Waals surface area (Å²) in [7, 11) is 0. The van der Waals surface area contributed by atoms with Gasteiger partial charge in [0.1, 0.15) is 17.6 Å². The van der Waals surface area contributed by atoms with E-state index in [0.717, 1.165) is 12.8 Å². The summed E-state index contributed by atoms with van der Waals surface area (Å²) in [4.78, 5) is 30.1. The number of likely N-dealkylation sites (tertiary alicyclic amines) is 1. The Bertz CT molecular complexity index is 650. The molecule has 0 unspecified atom stereocenters. The summed E-state index contributed by atoms with van der Waals surface area (Å²) in [5.74, 6) is -0.368. The summed E-state index contributed by atoms with van der Waals surface area (Å²) in [6, 6.07) is 8.95. The lowest BCUT2D eigenvalue weighted by molar-refractivity contribution is -1.16. The first-order valence-corrected chi connectivity index (χ1v) is 9.59. The molecule has 1 aliphatic heterocycles. The first-order chi connectivity index (χ1) is 12.5. The van der Waals surface area contributed by atoms with Gasteiger partial charge in [0.15, 0.2) is 0 Å². The van der Waals surface area contributed by atoms with Gasteiger partial charge < -0.3 is 14.6 Å². The molecule has 6 nitrogen and oxygen atoms in total. The summed E-state index contributed by atoms with van der Waals surface area (Å²) in [5.41, 5.74) is -0.547. The van der Waals surface area contributed by atoms with Crippen LogP contribution < -0.4 is 5.11 Å². The van der Waals surface area contributed by atoms with E-state index in [1.807, 2.05) is 45.9 Å². The van der Waals surface area contributed by atoms with Crippen LogP contribution in [0, 0.1) is 0 Å². The standard InChI is InChI=1S/C21H31NO5/c1-6-7-13-22(27-18(23)16-11-9-8-10-12-16)20(2,3)14-17(26-19(24)25)15-21(22,4)5/h8-12,17H,6-7,13-15H2,1-5H3. The van der Waals surface area contributed by atoms with Crippen LogP contribution in [0.5, 0.6) is 0 Å². The molecule has 1 heterocycles. The Labute approximate surface area is 161 Å². The fraction of sp³-hybridized carbons (Fsp3) is 0.619. The van der Waals surface area contributed by atoms with Crippen LogP contribution in [0.25, 0.3) is 0 Å². The molecule has 0 aromatic heterocycles. The van der Waals surface area contributed by atoms with Gasteiger partial charge in [-0.15, -0.1) is 4.65 Å². The molecule has 0 bridgehead atoms. The minimum Gasteiger partial charge on any atom is -0.546 e. The Kier molecular flexibility index (Phi) is 6.20. The molecule has 0 amide bonds. The van der Waals surface area contributed by atoms with Gasteiger partial charge in [-0.05, 0) is 39.8 Å². The Morgan fingerprint density at radius 1 is 1.11 bits per heavy atom. The van der Waals surface area contributed by atoms with Gasteiger partial charge >= 0.3 is 5.97 Å². The van der Waals surface area contributed by atoms with E-state index in [9.17, 15) is 14.7 Å². The smallest absolute Gasteiger partial charge is 0.397 e. The topological polar surface area (TPSA) is 75.7 Å². The minimum absolute atomic E-state index is 0.133. The Balaban J connectivity index is 2.41. The van der Waals surface area contributed by atoms with Crippen molar-refractivity contribution in [3.05, 3.63) is 35.9 Å². The third kappa shape index (κ3) is 4.26. The summed E-state index contributed by atoms with van der Waals surface area (Å²) < 4.78 is 5.14. The molecular weight excluding hydrogens is 346 g/mol. The van der Waals surface area contributed by atoms with Gasteiger partial charge in [-0.25, -0.2) is 4.79 Å². The van der Waals surface area contributed by atoms with Crippen LogP contribution in [-0.2, 0) is 9.57 Å². The highest BCUT2D eigenvalue weighted by Crippen LogP contribution is 2.47. The molecule has 1 fully saturated rings. The molecule has 0 radical (unpaired) electrons. The van der Waals surface area contributed by atoms with Gasteiger partial charge in [-0.1, -0.05) is 31.5 Å². The number of benzene rings is 1. The van der Waals surface area contributed by atoms with E-state index >= 15 is 0 Å². The van der Waals surface area contributed by atoms with Crippen LogP contribution in [0.3, 0.4) is 0 Å². The normalized spacial score (nSPS) is 26.2. The number of ether oxygens (including phenoxy) is 1. The number of piperidine rings is 1. The zero-order chi connectivity index (χ0) is 20.3. The van der Waals surface area contributed by atoms with Gasteiger partial charge in [-0.2, -0.15) is 0 Å². The zero-order valence-electron chi connectivity index (χ0n) is 17.0. The molecule has 0 N–H and O–H groups in total. The second-order valence-corrected chi connectivity index (χ2v) is 8.58. The van der Waals surface area contributed by atoms with Crippen molar-refractivity contribution in [3.8, 4) is 0 Å². The molecular formula is C21H31NO5. The second kappa shape index (κ2) is 7.89. The molecule has 1 aromatic rings. The number of unbranched alkanes of at least 4 members (excludes halogenated alkanes) is 1. The van der Waals surface area contributed by atoms with Crippen molar-refractivity contribution in [2.75, 3.05) is 6.54 Å². The van der Waals surface area contributed by atoms with E-state index in [-0.39, 0.29) is 10.6 Å². The van der Waals surface area contributed by atoms with Crippen LogP contribution in [0.1, 0.15) is 70.7 Å². The van der Waals surface area contributed by atoms with E-state index in [1.54, 1.807) is 12.1 Å².